The van der Waals surface area contributed by atoms with Crippen LogP contribution in [0, 0.1) is 0 Å². The van der Waals surface area contributed by atoms with Crippen LogP contribution in [0.25, 0.3) is 0 Å². The standard InChI is InChI=1S/C14H26N2O/c1-12(2)15-10-13-6-7-16(11-13)8-9-17-14(3,4)5/h6-7,11-12,15H,8-10H2,1-5H3. The lowest BCUT2D eigenvalue weighted by atomic mass is 10.2. The van der Waals surface area contributed by atoms with Crippen molar-refractivity contribution in [2.45, 2.75) is 59.4 Å². The molecule has 17 heavy (non-hydrogen) atoms. The highest BCUT2D eigenvalue weighted by molar-refractivity contribution is 5.09. The third-order valence-corrected chi connectivity index (χ3v) is 2.41. The SMILES string of the molecule is CC(C)NCc1ccn(CCOC(C)(C)C)c1. The zero-order valence-electron chi connectivity index (χ0n) is 11.8. The average molecular weight is 238 g/mol. The quantitative estimate of drug-likeness (QED) is 0.825. The third kappa shape index (κ3) is 6.49. The van der Waals surface area contributed by atoms with Crippen LogP contribution in [0.15, 0.2) is 18.5 Å². The van der Waals surface area contributed by atoms with E-state index in [1.165, 1.54) is 5.56 Å². The average Bonchev–Trinajstić information content (AvgIpc) is 2.61. The maximum Gasteiger partial charge on any atom is 0.0652 e. The molecule has 0 amide bonds. The lowest BCUT2D eigenvalue weighted by molar-refractivity contribution is -0.00679. The van der Waals surface area contributed by atoms with Crippen LogP contribution in [0.2, 0.25) is 0 Å². The van der Waals surface area contributed by atoms with Crippen molar-refractivity contribution < 1.29 is 4.74 Å². The van der Waals surface area contributed by atoms with Gasteiger partial charge in [-0.15, -0.1) is 0 Å². The number of nitrogens with zero attached hydrogens (tertiary/aromatic N) is 1. The fraction of sp³-hybridized carbons (Fsp3) is 0.714. The van der Waals surface area contributed by atoms with Crippen molar-refractivity contribution in [1.29, 1.82) is 0 Å². The Morgan fingerprint density at radius 2 is 2.06 bits per heavy atom. The van der Waals surface area contributed by atoms with Crippen molar-refractivity contribution in [3.05, 3.63) is 24.0 Å². The molecule has 0 aliphatic carbocycles. The van der Waals surface area contributed by atoms with Gasteiger partial charge in [0, 0.05) is 31.5 Å². The molecule has 1 N–H and O–H groups in total. The normalized spacial score (nSPS) is 12.4. The molecule has 1 rings (SSSR count). The highest BCUT2D eigenvalue weighted by atomic mass is 16.5. The van der Waals surface area contributed by atoms with E-state index in [9.17, 15) is 0 Å². The first-order valence-electron chi connectivity index (χ1n) is 6.39. The summed E-state index contributed by atoms with van der Waals surface area (Å²) in [6.45, 7) is 13.2. The van der Waals surface area contributed by atoms with Crippen LogP contribution >= 0.6 is 0 Å². The largest absolute Gasteiger partial charge is 0.374 e. The van der Waals surface area contributed by atoms with Gasteiger partial charge in [-0.25, -0.2) is 0 Å². The van der Waals surface area contributed by atoms with Crippen molar-refractivity contribution in [3.8, 4) is 0 Å². The summed E-state index contributed by atoms with van der Waals surface area (Å²) in [5.74, 6) is 0. The minimum atomic E-state index is -0.0464. The molecule has 0 radical (unpaired) electrons. The van der Waals surface area contributed by atoms with Gasteiger partial charge in [0.2, 0.25) is 0 Å². The highest BCUT2D eigenvalue weighted by Crippen LogP contribution is 2.07. The van der Waals surface area contributed by atoms with E-state index in [4.69, 9.17) is 4.74 Å². The number of aromatic nitrogens is 1. The predicted octanol–water partition coefficient (Wildman–Crippen LogP) is 2.80. The zero-order valence-corrected chi connectivity index (χ0v) is 11.8. The topological polar surface area (TPSA) is 26.2 Å². The van der Waals surface area contributed by atoms with Crippen molar-refractivity contribution in [1.82, 2.24) is 9.88 Å². The first-order valence-corrected chi connectivity index (χ1v) is 6.39. The van der Waals surface area contributed by atoms with E-state index < -0.39 is 0 Å². The monoisotopic (exact) mass is 238 g/mol. The van der Waals surface area contributed by atoms with E-state index >= 15 is 0 Å². The molecule has 0 unspecified atom stereocenters. The fourth-order valence-electron chi connectivity index (χ4n) is 1.51. The summed E-state index contributed by atoms with van der Waals surface area (Å²) in [5.41, 5.74) is 1.28. The number of hydrogen-bond acceptors (Lipinski definition) is 2. The predicted molar refractivity (Wildman–Crippen MR) is 72.1 cm³/mol. The number of rotatable bonds is 6. The van der Waals surface area contributed by atoms with E-state index in [1.54, 1.807) is 0 Å². The van der Waals surface area contributed by atoms with E-state index in [1.807, 2.05) is 0 Å². The fourth-order valence-corrected chi connectivity index (χ4v) is 1.51. The molecule has 0 atom stereocenters. The molecular formula is C14H26N2O. The summed E-state index contributed by atoms with van der Waals surface area (Å²) in [7, 11) is 0. The number of nitrogens with one attached hydrogen (secondary N) is 1. The molecule has 0 aliphatic rings. The van der Waals surface area contributed by atoms with Crippen molar-refractivity contribution in [3.63, 3.8) is 0 Å². The minimum Gasteiger partial charge on any atom is -0.374 e. The van der Waals surface area contributed by atoms with E-state index in [0.717, 1.165) is 19.7 Å². The van der Waals surface area contributed by atoms with Crippen LogP contribution in [-0.2, 0) is 17.8 Å². The molecule has 3 heteroatoms. The summed E-state index contributed by atoms with van der Waals surface area (Å²) in [5, 5.41) is 3.41. The molecule has 1 heterocycles. The van der Waals surface area contributed by atoms with Crippen LogP contribution in [0.4, 0.5) is 0 Å². The molecule has 0 saturated heterocycles. The highest BCUT2D eigenvalue weighted by Gasteiger charge is 2.09. The Hall–Kier alpha value is -0.800. The number of hydrogen-bond donors (Lipinski definition) is 1. The van der Waals surface area contributed by atoms with Gasteiger partial charge in [-0.05, 0) is 32.4 Å². The molecule has 0 bridgehead atoms. The van der Waals surface area contributed by atoms with Crippen LogP contribution in [-0.4, -0.2) is 22.8 Å². The maximum absolute atomic E-state index is 5.70. The van der Waals surface area contributed by atoms with Gasteiger partial charge >= 0.3 is 0 Å². The second kappa shape index (κ2) is 6.22. The van der Waals surface area contributed by atoms with Gasteiger partial charge in [-0.2, -0.15) is 0 Å². The molecular weight excluding hydrogens is 212 g/mol. The first-order chi connectivity index (χ1) is 7.87. The molecule has 3 nitrogen and oxygen atoms in total. The third-order valence-electron chi connectivity index (χ3n) is 2.41. The smallest absolute Gasteiger partial charge is 0.0652 e. The zero-order chi connectivity index (χ0) is 12.9. The van der Waals surface area contributed by atoms with Crippen molar-refractivity contribution in [2.75, 3.05) is 6.61 Å². The van der Waals surface area contributed by atoms with Gasteiger partial charge in [0.1, 0.15) is 0 Å². The number of ether oxygens (including phenoxy) is 1. The maximum atomic E-state index is 5.70. The van der Waals surface area contributed by atoms with Gasteiger partial charge in [0.05, 0.1) is 12.2 Å². The first kappa shape index (κ1) is 14.3. The molecule has 0 spiro atoms. The van der Waals surface area contributed by atoms with Gasteiger partial charge in [0.25, 0.3) is 0 Å². The van der Waals surface area contributed by atoms with Crippen molar-refractivity contribution in [2.24, 2.45) is 0 Å². The molecule has 0 fully saturated rings. The lowest BCUT2D eigenvalue weighted by Crippen LogP contribution is -2.22. The van der Waals surface area contributed by atoms with Gasteiger partial charge < -0.3 is 14.6 Å². The van der Waals surface area contributed by atoms with Gasteiger partial charge in [0.15, 0.2) is 0 Å². The van der Waals surface area contributed by atoms with E-state index in [2.05, 4.69) is 63.0 Å². The molecule has 0 aliphatic heterocycles. The molecule has 1 aromatic heterocycles. The van der Waals surface area contributed by atoms with Gasteiger partial charge in [-0.1, -0.05) is 13.8 Å². The Balaban J connectivity index is 2.31. The summed E-state index contributed by atoms with van der Waals surface area (Å²) in [6.07, 6.45) is 4.30. The Bertz CT molecular complexity index is 323. The molecule has 1 aromatic rings. The van der Waals surface area contributed by atoms with Crippen LogP contribution in [0.1, 0.15) is 40.2 Å². The Labute approximate surface area is 105 Å². The van der Waals surface area contributed by atoms with Crippen LogP contribution < -0.4 is 5.32 Å². The Morgan fingerprint density at radius 3 is 2.65 bits per heavy atom. The summed E-state index contributed by atoms with van der Waals surface area (Å²) in [6, 6.07) is 2.69. The molecule has 98 valence electrons. The molecule has 0 saturated carbocycles. The van der Waals surface area contributed by atoms with Crippen LogP contribution in [0.5, 0.6) is 0 Å². The van der Waals surface area contributed by atoms with Crippen molar-refractivity contribution >= 4 is 0 Å². The minimum absolute atomic E-state index is 0.0464. The van der Waals surface area contributed by atoms with Gasteiger partial charge in [-0.3, -0.25) is 0 Å². The van der Waals surface area contributed by atoms with E-state index in [-0.39, 0.29) is 5.60 Å². The summed E-state index contributed by atoms with van der Waals surface area (Å²) in [4.78, 5) is 0. The summed E-state index contributed by atoms with van der Waals surface area (Å²) >= 11 is 0. The van der Waals surface area contributed by atoms with E-state index in [0.29, 0.717) is 6.04 Å². The second-order valence-corrected chi connectivity index (χ2v) is 5.75. The van der Waals surface area contributed by atoms with Crippen LogP contribution in [0.3, 0.4) is 0 Å². The molecule has 0 aromatic carbocycles. The Morgan fingerprint density at radius 1 is 1.35 bits per heavy atom. The Kier molecular flexibility index (Phi) is 5.22. The summed E-state index contributed by atoms with van der Waals surface area (Å²) < 4.78 is 7.89. The lowest BCUT2D eigenvalue weighted by Gasteiger charge is -2.19. The second-order valence-electron chi connectivity index (χ2n) is 5.75.